The van der Waals surface area contributed by atoms with Gasteiger partial charge in [0.2, 0.25) is 0 Å². The van der Waals surface area contributed by atoms with Crippen molar-refractivity contribution in [2.45, 2.75) is 24.8 Å². The van der Waals surface area contributed by atoms with Crippen LogP contribution in [0.2, 0.25) is 5.02 Å². The van der Waals surface area contributed by atoms with Crippen molar-refractivity contribution >= 4 is 39.0 Å². The van der Waals surface area contributed by atoms with Crippen molar-refractivity contribution in [1.82, 2.24) is 4.90 Å². The third-order valence-electron chi connectivity index (χ3n) is 5.31. The van der Waals surface area contributed by atoms with Gasteiger partial charge < -0.3 is 4.90 Å². The molecule has 3 aromatic rings. The number of carbonyl (C=O) groups excluding carboxylic acids is 1. The number of aryl methyl sites for hydroxylation is 1. The maximum Gasteiger partial charge on any atom is 0.324 e. The summed E-state index contributed by atoms with van der Waals surface area (Å²) in [6, 6.07) is 20.9. The molecular weight excluding hydrogens is 446 g/mol. The van der Waals surface area contributed by atoms with Crippen LogP contribution < -0.4 is 9.62 Å². The fourth-order valence-corrected chi connectivity index (χ4v) is 4.95. The molecule has 32 heavy (non-hydrogen) atoms. The lowest BCUT2D eigenvalue weighted by molar-refractivity contribution is 0.192. The monoisotopic (exact) mass is 469 g/mol. The molecule has 1 saturated heterocycles. The zero-order chi connectivity index (χ0) is 22.7. The first-order valence-corrected chi connectivity index (χ1v) is 12.2. The number of halogens is 1. The van der Waals surface area contributed by atoms with E-state index in [-0.39, 0.29) is 10.9 Å². The minimum absolute atomic E-state index is 0.116. The van der Waals surface area contributed by atoms with Gasteiger partial charge in [0.25, 0.3) is 10.0 Å². The molecule has 1 fully saturated rings. The van der Waals surface area contributed by atoms with Crippen LogP contribution in [-0.2, 0) is 16.6 Å². The van der Waals surface area contributed by atoms with Crippen LogP contribution in [0.15, 0.2) is 77.7 Å². The van der Waals surface area contributed by atoms with Gasteiger partial charge in [-0.05, 0) is 61.4 Å². The summed E-state index contributed by atoms with van der Waals surface area (Å²) < 4.78 is 28.1. The molecule has 0 saturated carbocycles. The third-order valence-corrected chi connectivity index (χ3v) is 6.95. The summed E-state index contributed by atoms with van der Waals surface area (Å²) in [5, 5.41) is 0.636. The van der Waals surface area contributed by atoms with Gasteiger partial charge in [-0.15, -0.1) is 0 Å². The molecule has 2 amide bonds. The molecule has 3 aromatic carbocycles. The molecule has 6 nitrogen and oxygen atoms in total. The van der Waals surface area contributed by atoms with Gasteiger partial charge in [-0.2, -0.15) is 0 Å². The van der Waals surface area contributed by atoms with E-state index in [4.69, 9.17) is 11.6 Å². The summed E-state index contributed by atoms with van der Waals surface area (Å²) in [6.45, 7) is 3.59. The minimum atomic E-state index is -3.72. The van der Waals surface area contributed by atoms with E-state index in [0.29, 0.717) is 36.0 Å². The Morgan fingerprint density at radius 3 is 2.47 bits per heavy atom. The number of rotatable bonds is 6. The van der Waals surface area contributed by atoms with Crippen molar-refractivity contribution in [2.75, 3.05) is 22.7 Å². The molecule has 0 bridgehead atoms. The van der Waals surface area contributed by atoms with Crippen LogP contribution in [0.25, 0.3) is 0 Å². The van der Waals surface area contributed by atoms with Gasteiger partial charge in [0.1, 0.15) is 0 Å². The van der Waals surface area contributed by atoms with Crippen LogP contribution in [0, 0.1) is 6.92 Å². The van der Waals surface area contributed by atoms with Crippen molar-refractivity contribution in [1.29, 1.82) is 0 Å². The summed E-state index contributed by atoms with van der Waals surface area (Å²) >= 11 is 6.08. The van der Waals surface area contributed by atoms with Gasteiger partial charge in [-0.1, -0.05) is 47.5 Å². The summed E-state index contributed by atoms with van der Waals surface area (Å²) in [6.07, 6.45) is 0.811. The van der Waals surface area contributed by atoms with E-state index in [0.717, 1.165) is 17.5 Å². The van der Waals surface area contributed by atoms with Crippen LogP contribution in [-0.4, -0.2) is 32.4 Å². The van der Waals surface area contributed by atoms with E-state index < -0.39 is 10.0 Å². The predicted molar refractivity (Wildman–Crippen MR) is 128 cm³/mol. The van der Waals surface area contributed by atoms with Crippen molar-refractivity contribution in [3.05, 3.63) is 88.9 Å². The SMILES string of the molecule is Cc1ccc(S(=O)(=O)Nc2cccc(N3CCCN(Cc4cccc(Cl)c4)C3=O)c2)cc1. The highest BCUT2D eigenvalue weighted by atomic mass is 35.5. The highest BCUT2D eigenvalue weighted by Crippen LogP contribution is 2.26. The third kappa shape index (κ3) is 5.06. The second-order valence-corrected chi connectivity index (χ2v) is 9.93. The molecule has 166 valence electrons. The number of amides is 2. The topological polar surface area (TPSA) is 69.7 Å². The fourth-order valence-electron chi connectivity index (χ4n) is 3.69. The Hall–Kier alpha value is -3.03. The van der Waals surface area contributed by atoms with E-state index in [1.165, 1.54) is 0 Å². The number of anilines is 2. The van der Waals surface area contributed by atoms with E-state index in [1.807, 2.05) is 31.2 Å². The maximum atomic E-state index is 13.1. The molecule has 1 aliphatic rings. The van der Waals surface area contributed by atoms with E-state index in [9.17, 15) is 13.2 Å². The Labute approximate surface area is 193 Å². The summed E-state index contributed by atoms with van der Waals surface area (Å²) in [5.74, 6) is 0. The highest BCUT2D eigenvalue weighted by molar-refractivity contribution is 7.92. The Bertz CT molecular complexity index is 1230. The lowest BCUT2D eigenvalue weighted by Crippen LogP contribution is -2.49. The molecule has 1 N–H and O–H groups in total. The van der Waals surface area contributed by atoms with Crippen LogP contribution in [0.1, 0.15) is 17.5 Å². The quantitative estimate of drug-likeness (QED) is 0.533. The molecule has 8 heteroatoms. The lowest BCUT2D eigenvalue weighted by atomic mass is 10.1. The molecule has 0 aliphatic carbocycles. The van der Waals surface area contributed by atoms with Gasteiger partial charge in [0, 0.05) is 30.3 Å². The van der Waals surface area contributed by atoms with Gasteiger partial charge in [-0.25, -0.2) is 13.2 Å². The number of hydrogen-bond donors (Lipinski definition) is 1. The Kier molecular flexibility index (Phi) is 6.39. The van der Waals surface area contributed by atoms with E-state index in [1.54, 1.807) is 58.3 Å². The van der Waals surface area contributed by atoms with Crippen LogP contribution in [0.4, 0.5) is 16.2 Å². The van der Waals surface area contributed by atoms with Gasteiger partial charge in [0.15, 0.2) is 0 Å². The molecule has 1 aliphatic heterocycles. The van der Waals surface area contributed by atoms with E-state index in [2.05, 4.69) is 4.72 Å². The Morgan fingerprint density at radius 2 is 1.72 bits per heavy atom. The van der Waals surface area contributed by atoms with Gasteiger partial charge in [-0.3, -0.25) is 9.62 Å². The van der Waals surface area contributed by atoms with E-state index >= 15 is 0 Å². The number of sulfonamides is 1. The second-order valence-electron chi connectivity index (χ2n) is 7.81. The zero-order valence-electron chi connectivity index (χ0n) is 17.7. The number of nitrogens with zero attached hydrogens (tertiary/aromatic N) is 2. The fraction of sp³-hybridized carbons (Fsp3) is 0.208. The second kappa shape index (κ2) is 9.22. The molecule has 1 heterocycles. The van der Waals surface area contributed by atoms with Crippen molar-refractivity contribution in [3.8, 4) is 0 Å². The minimum Gasteiger partial charge on any atom is -0.320 e. The van der Waals surface area contributed by atoms with Crippen molar-refractivity contribution in [2.24, 2.45) is 0 Å². The van der Waals surface area contributed by atoms with Gasteiger partial charge in [0.05, 0.1) is 10.6 Å². The average molecular weight is 470 g/mol. The summed E-state index contributed by atoms with van der Waals surface area (Å²) in [4.78, 5) is 16.8. The largest absolute Gasteiger partial charge is 0.324 e. The lowest BCUT2D eigenvalue weighted by Gasteiger charge is -2.36. The van der Waals surface area contributed by atoms with Crippen LogP contribution in [0.5, 0.6) is 0 Å². The standard InChI is InChI=1S/C24H24ClN3O3S/c1-18-9-11-23(12-10-18)32(30,31)26-21-7-3-8-22(16-21)28-14-4-13-27(24(28)29)17-19-5-2-6-20(25)15-19/h2-3,5-12,15-16,26H,4,13-14,17H2,1H3. The molecule has 4 rings (SSSR count). The average Bonchev–Trinajstić information content (AvgIpc) is 2.75. The molecule has 0 atom stereocenters. The first kappa shape index (κ1) is 22.2. The first-order chi connectivity index (χ1) is 15.3. The van der Waals surface area contributed by atoms with Crippen molar-refractivity contribution < 1.29 is 13.2 Å². The zero-order valence-corrected chi connectivity index (χ0v) is 19.2. The normalized spacial score (nSPS) is 14.5. The first-order valence-electron chi connectivity index (χ1n) is 10.3. The van der Waals surface area contributed by atoms with Crippen LogP contribution in [0.3, 0.4) is 0 Å². The van der Waals surface area contributed by atoms with Gasteiger partial charge >= 0.3 is 6.03 Å². The number of carbonyl (C=O) groups is 1. The molecular formula is C24H24ClN3O3S. The van der Waals surface area contributed by atoms with Crippen molar-refractivity contribution in [3.63, 3.8) is 0 Å². The summed E-state index contributed by atoms with van der Waals surface area (Å²) in [7, 11) is -3.72. The maximum absolute atomic E-state index is 13.1. The predicted octanol–water partition coefficient (Wildman–Crippen LogP) is 5.28. The van der Waals surface area contributed by atoms with Crippen LogP contribution >= 0.6 is 11.6 Å². The Balaban J connectivity index is 1.52. The number of nitrogens with one attached hydrogen (secondary N) is 1. The molecule has 0 radical (unpaired) electrons. The number of urea groups is 1. The highest BCUT2D eigenvalue weighted by Gasteiger charge is 2.27. The summed E-state index contributed by atoms with van der Waals surface area (Å²) in [5.41, 5.74) is 3.00. The molecule has 0 unspecified atom stereocenters. The smallest absolute Gasteiger partial charge is 0.320 e. The molecule has 0 spiro atoms. The number of benzene rings is 3. The molecule has 0 aromatic heterocycles. The Morgan fingerprint density at radius 1 is 0.969 bits per heavy atom. The number of hydrogen-bond acceptors (Lipinski definition) is 3.